The molecular weight excluding hydrogens is 167 g/mol. The Kier molecular flexibility index (Phi) is 2.20. The van der Waals surface area contributed by atoms with E-state index in [-0.39, 0.29) is 0 Å². The maximum Gasteiger partial charge on any atom is 0.523 e. The van der Waals surface area contributed by atoms with Gasteiger partial charge in [-0.1, -0.05) is 0 Å². The van der Waals surface area contributed by atoms with E-state index in [2.05, 4.69) is 9.13 Å². The molecule has 6 heteroatoms. The molecule has 1 radical (unpaired) electrons. The van der Waals surface area contributed by atoms with Crippen molar-refractivity contribution in [2.24, 2.45) is 4.40 Å². The molecule has 0 fully saturated rings. The monoisotopic (exact) mass is 170 g/mol. The molecule has 0 bridgehead atoms. The molecule has 0 spiro atoms. The maximum absolute atomic E-state index is 11.4. The summed E-state index contributed by atoms with van der Waals surface area (Å²) in [5, 5.41) is 0. The van der Waals surface area contributed by atoms with E-state index < -0.39 is 12.5 Å². The maximum atomic E-state index is 11.4. The molecule has 0 N–H and O–H groups in total. The van der Waals surface area contributed by atoms with Crippen molar-refractivity contribution in [3.63, 3.8) is 0 Å². The molecule has 0 saturated carbocycles. The molecule has 57 valence electrons. The Morgan fingerprint density at radius 1 is 1.50 bits per heavy atom. The largest absolute Gasteiger partial charge is 0.523 e. The van der Waals surface area contributed by atoms with Crippen molar-refractivity contribution in [1.29, 1.82) is 0 Å². The van der Waals surface area contributed by atoms with E-state index >= 15 is 0 Å². The third kappa shape index (κ3) is 2.57. The van der Waals surface area contributed by atoms with E-state index in [1.807, 2.05) is 0 Å². The SMILES string of the molecule is FC(F)(F)OC1[CH]SN=C1. The average Bonchev–Trinajstić information content (AvgIpc) is 2.12. The van der Waals surface area contributed by atoms with Crippen molar-refractivity contribution in [1.82, 2.24) is 0 Å². The van der Waals surface area contributed by atoms with Gasteiger partial charge in [-0.2, -0.15) is 0 Å². The van der Waals surface area contributed by atoms with Crippen LogP contribution in [0.2, 0.25) is 0 Å². The fraction of sp³-hybridized carbons (Fsp3) is 0.500. The van der Waals surface area contributed by atoms with Crippen LogP contribution in [-0.2, 0) is 4.74 Å². The summed E-state index contributed by atoms with van der Waals surface area (Å²) in [6, 6.07) is 0. The highest BCUT2D eigenvalue weighted by Crippen LogP contribution is 2.25. The smallest absolute Gasteiger partial charge is 0.281 e. The van der Waals surface area contributed by atoms with E-state index in [0.717, 1.165) is 18.2 Å². The quantitative estimate of drug-likeness (QED) is 0.559. The predicted molar refractivity (Wildman–Crippen MR) is 31.3 cm³/mol. The second kappa shape index (κ2) is 2.79. The van der Waals surface area contributed by atoms with Gasteiger partial charge in [-0.05, 0) is 11.9 Å². The number of alkyl halides is 3. The van der Waals surface area contributed by atoms with E-state index in [1.165, 1.54) is 5.75 Å². The van der Waals surface area contributed by atoms with Crippen LogP contribution in [-0.4, -0.2) is 18.7 Å². The van der Waals surface area contributed by atoms with Crippen LogP contribution in [0.3, 0.4) is 0 Å². The first-order valence-corrected chi connectivity index (χ1v) is 3.19. The normalized spacial score (nSPS) is 25.7. The highest BCUT2D eigenvalue weighted by molar-refractivity contribution is 8.00. The molecule has 0 aromatic carbocycles. The summed E-state index contributed by atoms with van der Waals surface area (Å²) in [4.78, 5) is 0. The Hall–Kier alpha value is -0.230. The summed E-state index contributed by atoms with van der Waals surface area (Å²) in [5.41, 5.74) is 0. The molecule has 1 aliphatic heterocycles. The van der Waals surface area contributed by atoms with Gasteiger partial charge in [0, 0.05) is 6.21 Å². The van der Waals surface area contributed by atoms with Crippen LogP contribution in [0.5, 0.6) is 0 Å². The Balaban J connectivity index is 2.31. The highest BCUT2D eigenvalue weighted by Gasteiger charge is 2.34. The van der Waals surface area contributed by atoms with Crippen LogP contribution < -0.4 is 0 Å². The number of hydrogen-bond donors (Lipinski definition) is 0. The third-order valence-corrected chi connectivity index (χ3v) is 1.37. The van der Waals surface area contributed by atoms with Crippen molar-refractivity contribution in [2.75, 3.05) is 0 Å². The summed E-state index contributed by atoms with van der Waals surface area (Å²) in [6.45, 7) is 0. The second-order valence-corrected chi connectivity index (χ2v) is 2.22. The number of ether oxygens (including phenoxy) is 1. The fourth-order valence-corrected chi connectivity index (χ4v) is 0.944. The summed E-state index contributed by atoms with van der Waals surface area (Å²) in [7, 11) is 0. The summed E-state index contributed by atoms with van der Waals surface area (Å²) in [6.07, 6.45) is -4.50. The molecule has 1 heterocycles. The van der Waals surface area contributed by atoms with E-state index in [9.17, 15) is 13.2 Å². The van der Waals surface area contributed by atoms with Crippen LogP contribution in [0.1, 0.15) is 0 Å². The van der Waals surface area contributed by atoms with Gasteiger partial charge in [-0.15, -0.1) is 13.2 Å². The first-order chi connectivity index (χ1) is 4.58. The van der Waals surface area contributed by atoms with Crippen molar-refractivity contribution >= 4 is 18.2 Å². The topological polar surface area (TPSA) is 21.6 Å². The molecule has 0 aromatic heterocycles. The molecule has 0 aromatic rings. The molecule has 1 atom stereocenters. The number of rotatable bonds is 1. The summed E-state index contributed by atoms with van der Waals surface area (Å²) < 4.78 is 41.2. The lowest BCUT2D eigenvalue weighted by Crippen LogP contribution is -2.22. The first-order valence-electron chi connectivity index (χ1n) is 2.35. The molecule has 0 amide bonds. The summed E-state index contributed by atoms with van der Waals surface area (Å²) >= 11 is 0.942. The van der Waals surface area contributed by atoms with Gasteiger partial charge < -0.3 is 0 Å². The van der Waals surface area contributed by atoms with Crippen LogP contribution in [0.15, 0.2) is 4.40 Å². The highest BCUT2D eigenvalue weighted by atomic mass is 32.2. The van der Waals surface area contributed by atoms with Gasteiger partial charge in [0.05, 0.1) is 5.75 Å². The van der Waals surface area contributed by atoms with Crippen LogP contribution in [0, 0.1) is 5.75 Å². The lowest BCUT2D eigenvalue weighted by molar-refractivity contribution is -0.328. The van der Waals surface area contributed by atoms with Crippen molar-refractivity contribution in [3.8, 4) is 0 Å². The molecule has 1 rings (SSSR count). The number of hydrogen-bond acceptors (Lipinski definition) is 3. The first kappa shape index (κ1) is 7.87. The van der Waals surface area contributed by atoms with Crippen molar-refractivity contribution in [2.45, 2.75) is 12.5 Å². The predicted octanol–water partition coefficient (Wildman–Crippen LogP) is 1.79. The van der Waals surface area contributed by atoms with Crippen molar-refractivity contribution < 1.29 is 17.9 Å². The molecule has 2 nitrogen and oxygen atoms in total. The van der Waals surface area contributed by atoms with Gasteiger partial charge in [-0.25, -0.2) is 4.40 Å². The number of nitrogens with zero attached hydrogens (tertiary/aromatic N) is 1. The second-order valence-electron chi connectivity index (χ2n) is 1.52. The Bertz CT molecular complexity index is 146. The Morgan fingerprint density at radius 3 is 2.60 bits per heavy atom. The van der Waals surface area contributed by atoms with Crippen LogP contribution in [0.25, 0.3) is 0 Å². The van der Waals surface area contributed by atoms with Crippen molar-refractivity contribution in [3.05, 3.63) is 5.75 Å². The zero-order valence-electron chi connectivity index (χ0n) is 4.63. The lowest BCUT2D eigenvalue weighted by Gasteiger charge is -2.09. The molecule has 0 saturated heterocycles. The van der Waals surface area contributed by atoms with E-state index in [0.29, 0.717) is 0 Å². The minimum absolute atomic E-state index is 0.942. The minimum atomic E-state index is -4.57. The van der Waals surface area contributed by atoms with Gasteiger partial charge in [0.15, 0.2) is 0 Å². The standard InChI is InChI=1S/C4H3F3NOS/c5-4(6,7)9-3-1-8-10-2-3/h1-3H. The van der Waals surface area contributed by atoms with Crippen LogP contribution in [0.4, 0.5) is 13.2 Å². The fourth-order valence-electron chi connectivity index (χ4n) is 0.438. The molecule has 1 aliphatic rings. The average molecular weight is 170 g/mol. The summed E-state index contributed by atoms with van der Waals surface area (Å²) in [5.74, 6) is 1.26. The number of halogens is 3. The molecule has 1 unspecified atom stereocenters. The lowest BCUT2D eigenvalue weighted by atomic mass is 10.4. The van der Waals surface area contributed by atoms with Gasteiger partial charge in [-0.3, -0.25) is 4.74 Å². The zero-order chi connectivity index (χ0) is 7.61. The molecule has 10 heavy (non-hydrogen) atoms. The zero-order valence-corrected chi connectivity index (χ0v) is 5.45. The van der Waals surface area contributed by atoms with E-state index in [4.69, 9.17) is 0 Å². The third-order valence-electron chi connectivity index (χ3n) is 0.733. The molecular formula is C4H3F3NOS. The van der Waals surface area contributed by atoms with E-state index in [1.54, 1.807) is 0 Å². The molecule has 0 aliphatic carbocycles. The van der Waals surface area contributed by atoms with Gasteiger partial charge >= 0.3 is 6.36 Å². The Labute approximate surface area is 59.6 Å². The van der Waals surface area contributed by atoms with Gasteiger partial charge in [0.1, 0.15) is 6.10 Å². The minimum Gasteiger partial charge on any atom is -0.281 e. The Morgan fingerprint density at radius 2 is 2.20 bits per heavy atom. The van der Waals surface area contributed by atoms with Gasteiger partial charge in [0.25, 0.3) is 0 Å². The van der Waals surface area contributed by atoms with Crippen LogP contribution >= 0.6 is 11.9 Å². The van der Waals surface area contributed by atoms with Gasteiger partial charge in [0.2, 0.25) is 0 Å².